The minimum Gasteiger partial charge on any atom is -0.473 e. The number of hydrogen-bond acceptors (Lipinski definition) is 6. The van der Waals surface area contributed by atoms with Gasteiger partial charge >= 0.3 is 5.82 Å². The van der Waals surface area contributed by atoms with Crippen molar-refractivity contribution in [3.8, 4) is 5.75 Å². The van der Waals surface area contributed by atoms with Crippen molar-refractivity contribution < 1.29 is 19.2 Å². The summed E-state index contributed by atoms with van der Waals surface area (Å²) in [6.07, 6.45) is -0.996. The third-order valence-electron chi connectivity index (χ3n) is 3.36. The number of nitrogens with zero attached hydrogens (tertiary/aromatic N) is 2. The molecule has 2 aromatic rings. The van der Waals surface area contributed by atoms with Crippen LogP contribution in [0.25, 0.3) is 0 Å². The summed E-state index contributed by atoms with van der Waals surface area (Å²) in [5.74, 6) is -1.16. The van der Waals surface area contributed by atoms with Gasteiger partial charge in [-0.25, -0.2) is 0 Å². The minimum atomic E-state index is -0.996. The molecule has 8 nitrogen and oxygen atoms in total. The summed E-state index contributed by atoms with van der Waals surface area (Å²) in [6, 6.07) is 9.42. The Morgan fingerprint density at radius 3 is 2.64 bits per heavy atom. The molecular formula is C17H17N3O5. The Bertz CT molecular complexity index is 835. The molecule has 0 radical (unpaired) electrons. The van der Waals surface area contributed by atoms with Gasteiger partial charge in [-0.3, -0.25) is 9.59 Å². The van der Waals surface area contributed by atoms with Crippen LogP contribution in [-0.2, 0) is 4.79 Å². The summed E-state index contributed by atoms with van der Waals surface area (Å²) >= 11 is 0. The average molecular weight is 343 g/mol. The Kier molecular flexibility index (Phi) is 5.43. The van der Waals surface area contributed by atoms with E-state index in [-0.39, 0.29) is 11.5 Å². The van der Waals surface area contributed by atoms with Gasteiger partial charge in [0.15, 0.2) is 11.9 Å². The molecule has 1 atom stereocenters. The average Bonchev–Trinajstić information content (AvgIpc) is 2.56. The first-order chi connectivity index (χ1) is 11.8. The molecule has 0 aliphatic carbocycles. The number of ether oxygens (including phenoxy) is 1. The maximum absolute atomic E-state index is 12.2. The molecule has 0 aliphatic rings. The molecule has 8 heteroatoms. The van der Waals surface area contributed by atoms with Crippen molar-refractivity contribution in [2.24, 2.45) is 0 Å². The number of anilines is 1. The number of aromatic nitrogens is 1. The maximum Gasteiger partial charge on any atom is 0.406 e. The van der Waals surface area contributed by atoms with Crippen molar-refractivity contribution in [2.75, 3.05) is 5.32 Å². The van der Waals surface area contributed by atoms with Crippen molar-refractivity contribution >= 4 is 23.2 Å². The monoisotopic (exact) mass is 343 g/mol. The number of nitro groups is 1. The van der Waals surface area contributed by atoms with E-state index in [1.807, 2.05) is 0 Å². The summed E-state index contributed by atoms with van der Waals surface area (Å²) in [6.45, 7) is 4.51. The molecule has 1 amide bonds. The van der Waals surface area contributed by atoms with Crippen LogP contribution in [0.4, 0.5) is 11.5 Å². The molecule has 1 unspecified atom stereocenters. The Hall–Kier alpha value is -3.29. The summed E-state index contributed by atoms with van der Waals surface area (Å²) in [5.41, 5.74) is 1.37. The fourth-order valence-corrected chi connectivity index (χ4v) is 2.06. The number of ketones is 1. The minimum absolute atomic E-state index is 0.0873. The van der Waals surface area contributed by atoms with Crippen molar-refractivity contribution in [3.63, 3.8) is 0 Å². The molecule has 1 aromatic carbocycles. The van der Waals surface area contributed by atoms with E-state index >= 15 is 0 Å². The third-order valence-corrected chi connectivity index (χ3v) is 3.36. The number of carbonyl (C=O) groups is 2. The highest BCUT2D eigenvalue weighted by Gasteiger charge is 2.23. The Morgan fingerprint density at radius 2 is 2.00 bits per heavy atom. The second-order valence-corrected chi connectivity index (χ2v) is 5.42. The highest BCUT2D eigenvalue weighted by molar-refractivity contribution is 5.98. The van der Waals surface area contributed by atoms with E-state index < -0.39 is 22.8 Å². The van der Waals surface area contributed by atoms with E-state index in [0.717, 1.165) is 0 Å². The predicted molar refractivity (Wildman–Crippen MR) is 90.8 cm³/mol. The lowest BCUT2D eigenvalue weighted by Crippen LogP contribution is -2.30. The quantitative estimate of drug-likeness (QED) is 0.490. The zero-order chi connectivity index (χ0) is 18.6. The first-order valence-corrected chi connectivity index (χ1v) is 7.48. The molecule has 0 saturated heterocycles. The van der Waals surface area contributed by atoms with Crippen molar-refractivity contribution in [1.82, 2.24) is 4.98 Å². The number of amides is 1. The molecular weight excluding hydrogens is 326 g/mol. The number of Topliss-reactive ketones (excluding diaryl/α,β-unsaturated/α-hetero) is 1. The van der Waals surface area contributed by atoms with Gasteiger partial charge in [0.25, 0.3) is 5.91 Å². The van der Waals surface area contributed by atoms with Gasteiger partial charge in [0, 0.05) is 18.2 Å². The Balaban J connectivity index is 2.12. The zero-order valence-electron chi connectivity index (χ0n) is 14.0. The molecule has 0 bridgehead atoms. The number of aryl methyl sites for hydroxylation is 1. The Labute approximate surface area is 144 Å². The topological polar surface area (TPSA) is 111 Å². The molecule has 0 aliphatic heterocycles. The number of pyridine rings is 1. The van der Waals surface area contributed by atoms with Gasteiger partial charge in [0.2, 0.25) is 5.75 Å². The normalized spacial score (nSPS) is 11.5. The van der Waals surface area contributed by atoms with Gasteiger partial charge in [-0.05, 0) is 48.0 Å². The van der Waals surface area contributed by atoms with Gasteiger partial charge in [-0.1, -0.05) is 12.1 Å². The van der Waals surface area contributed by atoms with E-state index in [0.29, 0.717) is 16.9 Å². The fourth-order valence-electron chi connectivity index (χ4n) is 2.06. The lowest BCUT2D eigenvalue weighted by molar-refractivity contribution is -0.390. The number of benzene rings is 1. The highest BCUT2D eigenvalue weighted by Crippen LogP contribution is 2.25. The molecule has 1 aromatic heterocycles. The molecule has 130 valence electrons. The van der Waals surface area contributed by atoms with Crippen LogP contribution in [0.15, 0.2) is 36.4 Å². The highest BCUT2D eigenvalue weighted by atomic mass is 16.6. The van der Waals surface area contributed by atoms with Crippen molar-refractivity contribution in [2.45, 2.75) is 26.9 Å². The van der Waals surface area contributed by atoms with Crippen LogP contribution in [0.3, 0.4) is 0 Å². The molecule has 0 fully saturated rings. The third kappa shape index (κ3) is 4.60. The number of nitrogens with one attached hydrogen (secondary N) is 1. The molecule has 2 rings (SSSR count). The largest absolute Gasteiger partial charge is 0.473 e. The summed E-state index contributed by atoms with van der Waals surface area (Å²) in [5, 5.41) is 13.7. The van der Waals surface area contributed by atoms with Crippen molar-refractivity contribution in [3.05, 3.63) is 57.8 Å². The van der Waals surface area contributed by atoms with E-state index in [1.165, 1.54) is 19.9 Å². The zero-order valence-corrected chi connectivity index (χ0v) is 14.0. The number of hydrogen-bond donors (Lipinski definition) is 1. The van der Waals surface area contributed by atoms with E-state index in [1.54, 1.807) is 37.3 Å². The van der Waals surface area contributed by atoms with Crippen LogP contribution in [0, 0.1) is 17.0 Å². The maximum atomic E-state index is 12.2. The van der Waals surface area contributed by atoms with Gasteiger partial charge in [0.1, 0.15) is 5.69 Å². The van der Waals surface area contributed by atoms with Crippen LogP contribution in [0.2, 0.25) is 0 Å². The SMILES string of the molecule is CC(=O)c1cccc(NC(=O)C(C)Oc2ccc(C)nc2[N+](=O)[O-])c1. The van der Waals surface area contributed by atoms with Crippen LogP contribution in [0.5, 0.6) is 5.75 Å². The predicted octanol–water partition coefficient (Wildman–Crippen LogP) is 2.91. The van der Waals surface area contributed by atoms with Gasteiger partial charge in [-0.2, -0.15) is 0 Å². The van der Waals surface area contributed by atoms with E-state index in [4.69, 9.17) is 4.74 Å². The summed E-state index contributed by atoms with van der Waals surface area (Å²) in [7, 11) is 0. The standard InChI is InChI=1S/C17H17N3O5/c1-10-7-8-15(16(18-10)20(23)24)25-12(3)17(22)19-14-6-4-5-13(9-14)11(2)21/h4-9,12H,1-3H3,(H,19,22). The first kappa shape index (κ1) is 18.1. The fraction of sp³-hybridized carbons (Fsp3) is 0.235. The summed E-state index contributed by atoms with van der Waals surface area (Å²) < 4.78 is 5.39. The molecule has 1 N–H and O–H groups in total. The van der Waals surface area contributed by atoms with Crippen LogP contribution in [-0.4, -0.2) is 27.7 Å². The van der Waals surface area contributed by atoms with Crippen molar-refractivity contribution in [1.29, 1.82) is 0 Å². The van der Waals surface area contributed by atoms with Gasteiger partial charge < -0.3 is 20.2 Å². The second-order valence-electron chi connectivity index (χ2n) is 5.42. The van der Waals surface area contributed by atoms with Crippen LogP contribution < -0.4 is 10.1 Å². The Morgan fingerprint density at radius 1 is 1.28 bits per heavy atom. The lowest BCUT2D eigenvalue weighted by atomic mass is 10.1. The molecule has 25 heavy (non-hydrogen) atoms. The summed E-state index contributed by atoms with van der Waals surface area (Å²) in [4.78, 5) is 37.8. The number of carbonyl (C=O) groups excluding carboxylic acids is 2. The number of rotatable bonds is 6. The van der Waals surface area contributed by atoms with Crippen LogP contribution in [0.1, 0.15) is 29.9 Å². The second kappa shape index (κ2) is 7.52. The van der Waals surface area contributed by atoms with Gasteiger partial charge in [-0.15, -0.1) is 0 Å². The molecule has 0 saturated carbocycles. The molecule has 1 heterocycles. The molecule has 0 spiro atoms. The van der Waals surface area contributed by atoms with Gasteiger partial charge in [0.05, 0.1) is 0 Å². The lowest BCUT2D eigenvalue weighted by Gasteiger charge is -2.14. The van der Waals surface area contributed by atoms with E-state index in [9.17, 15) is 19.7 Å². The smallest absolute Gasteiger partial charge is 0.406 e. The first-order valence-electron chi connectivity index (χ1n) is 7.48. The van der Waals surface area contributed by atoms with Crippen LogP contribution >= 0.6 is 0 Å². The van der Waals surface area contributed by atoms with E-state index in [2.05, 4.69) is 10.3 Å².